The second kappa shape index (κ2) is 6.03. The lowest BCUT2D eigenvalue weighted by Gasteiger charge is -2.21. The molecule has 1 aliphatic rings. The van der Waals surface area contributed by atoms with Crippen LogP contribution in [0.4, 0.5) is 0 Å². The molecule has 21 heavy (non-hydrogen) atoms. The van der Waals surface area contributed by atoms with Gasteiger partial charge in [0.1, 0.15) is 4.90 Å². The van der Waals surface area contributed by atoms with Crippen molar-refractivity contribution in [2.75, 3.05) is 32.1 Å². The molecular formula is C11H20N4O4S2. The molecule has 0 amide bonds. The van der Waals surface area contributed by atoms with Crippen LogP contribution >= 0.6 is 0 Å². The molecule has 1 saturated heterocycles. The Hall–Kier alpha value is -0.970. The molecule has 120 valence electrons. The molecule has 10 heteroatoms. The molecule has 0 radical (unpaired) electrons. The number of sulfone groups is 1. The highest BCUT2D eigenvalue weighted by molar-refractivity contribution is 7.92. The van der Waals surface area contributed by atoms with Crippen molar-refractivity contribution in [3.63, 3.8) is 0 Å². The van der Waals surface area contributed by atoms with E-state index in [9.17, 15) is 16.8 Å². The number of hydrogen-bond acceptors (Lipinski definition) is 6. The number of sulfonamides is 1. The highest BCUT2D eigenvalue weighted by Gasteiger charge is 2.36. The van der Waals surface area contributed by atoms with Gasteiger partial charge in [-0.25, -0.2) is 16.8 Å². The van der Waals surface area contributed by atoms with Crippen LogP contribution in [0.3, 0.4) is 0 Å². The maximum atomic E-state index is 12.5. The zero-order valence-corrected chi connectivity index (χ0v) is 13.7. The molecule has 0 aliphatic carbocycles. The van der Waals surface area contributed by atoms with Gasteiger partial charge < -0.3 is 5.32 Å². The standard InChI is InChI=1S/C11H20N4O4S2/c1-12-4-5-15-8-11(7-13-15)21(18,19)14(2)10-3-6-20(16,17)9-10/h7-8,10,12H,3-6,9H2,1-2H3. The van der Waals surface area contributed by atoms with Gasteiger partial charge >= 0.3 is 0 Å². The van der Waals surface area contributed by atoms with Gasteiger partial charge in [-0.05, 0) is 13.5 Å². The Kier molecular flexibility index (Phi) is 4.71. The fourth-order valence-electron chi connectivity index (χ4n) is 2.25. The first-order valence-corrected chi connectivity index (χ1v) is 9.88. The zero-order chi connectivity index (χ0) is 15.7. The minimum absolute atomic E-state index is 0.0406. The summed E-state index contributed by atoms with van der Waals surface area (Å²) in [7, 11) is -3.61. The average Bonchev–Trinajstić information content (AvgIpc) is 3.02. The van der Waals surface area contributed by atoms with Crippen molar-refractivity contribution in [2.45, 2.75) is 23.9 Å². The van der Waals surface area contributed by atoms with Gasteiger partial charge in [-0.2, -0.15) is 9.40 Å². The second-order valence-corrected chi connectivity index (χ2v) is 9.35. The van der Waals surface area contributed by atoms with E-state index >= 15 is 0 Å². The fraction of sp³-hybridized carbons (Fsp3) is 0.727. The monoisotopic (exact) mass is 336 g/mol. The number of aromatic nitrogens is 2. The maximum Gasteiger partial charge on any atom is 0.246 e. The Morgan fingerprint density at radius 3 is 2.81 bits per heavy atom. The molecule has 1 fully saturated rings. The molecule has 1 N–H and O–H groups in total. The SMILES string of the molecule is CNCCn1cc(S(=O)(=O)N(C)C2CCS(=O)(=O)C2)cn1. The molecule has 1 atom stereocenters. The summed E-state index contributed by atoms with van der Waals surface area (Å²) in [5.74, 6) is -0.0738. The zero-order valence-electron chi connectivity index (χ0n) is 12.1. The van der Waals surface area contributed by atoms with Crippen molar-refractivity contribution in [3.8, 4) is 0 Å². The fourth-order valence-corrected chi connectivity index (χ4v) is 5.46. The maximum absolute atomic E-state index is 12.5. The molecule has 2 rings (SSSR count). The molecule has 8 nitrogen and oxygen atoms in total. The van der Waals surface area contributed by atoms with Crippen LogP contribution in [-0.2, 0) is 26.4 Å². The highest BCUT2D eigenvalue weighted by Crippen LogP contribution is 2.23. The molecule has 0 saturated carbocycles. The Bertz CT molecular complexity index is 696. The van der Waals surface area contributed by atoms with Crippen LogP contribution in [0.1, 0.15) is 6.42 Å². The van der Waals surface area contributed by atoms with Gasteiger partial charge in [-0.1, -0.05) is 0 Å². The summed E-state index contributed by atoms with van der Waals surface area (Å²) in [5.41, 5.74) is 0. The molecule has 0 aromatic carbocycles. The third kappa shape index (κ3) is 3.62. The van der Waals surface area contributed by atoms with Gasteiger partial charge in [-0.3, -0.25) is 4.68 Å². The third-order valence-electron chi connectivity index (χ3n) is 3.60. The van der Waals surface area contributed by atoms with Crippen molar-refractivity contribution in [2.24, 2.45) is 0 Å². The minimum Gasteiger partial charge on any atom is -0.318 e. The topological polar surface area (TPSA) is 101 Å². The number of hydrogen-bond donors (Lipinski definition) is 1. The molecule has 2 heterocycles. The minimum atomic E-state index is -3.71. The summed E-state index contributed by atoms with van der Waals surface area (Å²) in [4.78, 5) is 0.0883. The van der Waals surface area contributed by atoms with Crippen LogP contribution in [0.25, 0.3) is 0 Å². The third-order valence-corrected chi connectivity index (χ3v) is 7.21. The quantitative estimate of drug-likeness (QED) is 0.708. The number of rotatable bonds is 6. The van der Waals surface area contributed by atoms with Crippen molar-refractivity contribution in [1.29, 1.82) is 0 Å². The molecule has 1 aromatic rings. The first-order chi connectivity index (χ1) is 9.76. The summed E-state index contributed by atoms with van der Waals surface area (Å²) in [6.45, 7) is 1.24. The van der Waals surface area contributed by atoms with Crippen LogP contribution in [0, 0.1) is 0 Å². The Morgan fingerprint density at radius 1 is 1.52 bits per heavy atom. The van der Waals surface area contributed by atoms with Crippen LogP contribution in [0.5, 0.6) is 0 Å². The van der Waals surface area contributed by atoms with Crippen molar-refractivity contribution in [3.05, 3.63) is 12.4 Å². The van der Waals surface area contributed by atoms with E-state index in [0.29, 0.717) is 19.5 Å². The van der Waals surface area contributed by atoms with Gasteiger partial charge in [0.05, 0.1) is 24.2 Å². The van der Waals surface area contributed by atoms with E-state index in [1.165, 1.54) is 19.4 Å². The van der Waals surface area contributed by atoms with Crippen LogP contribution in [0.2, 0.25) is 0 Å². The lowest BCUT2D eigenvalue weighted by Crippen LogP contribution is -2.37. The van der Waals surface area contributed by atoms with Crippen LogP contribution in [-0.4, -0.2) is 69.1 Å². The lowest BCUT2D eigenvalue weighted by molar-refractivity contribution is 0.394. The molecule has 0 spiro atoms. The van der Waals surface area contributed by atoms with Crippen molar-refractivity contribution >= 4 is 19.9 Å². The molecule has 1 aliphatic heterocycles. The number of nitrogens with zero attached hydrogens (tertiary/aromatic N) is 3. The largest absolute Gasteiger partial charge is 0.318 e. The highest BCUT2D eigenvalue weighted by atomic mass is 32.2. The van der Waals surface area contributed by atoms with Gasteiger partial charge in [0.25, 0.3) is 0 Å². The summed E-state index contributed by atoms with van der Waals surface area (Å²) in [5, 5.41) is 6.96. The Morgan fingerprint density at radius 2 is 2.24 bits per heavy atom. The van der Waals surface area contributed by atoms with Gasteiger partial charge in [0.2, 0.25) is 10.0 Å². The van der Waals surface area contributed by atoms with Gasteiger partial charge in [-0.15, -0.1) is 0 Å². The van der Waals surface area contributed by atoms with Crippen molar-refractivity contribution < 1.29 is 16.8 Å². The van der Waals surface area contributed by atoms with E-state index in [1.54, 1.807) is 11.7 Å². The summed E-state index contributed by atoms with van der Waals surface area (Å²) in [6.07, 6.45) is 3.10. The molecular weight excluding hydrogens is 316 g/mol. The lowest BCUT2D eigenvalue weighted by atomic mass is 10.3. The van der Waals surface area contributed by atoms with Gasteiger partial charge in [0.15, 0.2) is 9.84 Å². The predicted octanol–water partition coefficient (Wildman–Crippen LogP) is -1.09. The first-order valence-electron chi connectivity index (χ1n) is 6.62. The van der Waals surface area contributed by atoms with Gasteiger partial charge in [0, 0.05) is 25.8 Å². The molecule has 1 aromatic heterocycles. The Labute approximate surface area is 125 Å². The number of nitrogens with one attached hydrogen (secondary N) is 1. The molecule has 1 unspecified atom stereocenters. The van der Waals surface area contributed by atoms with E-state index in [4.69, 9.17) is 0 Å². The van der Waals surface area contributed by atoms with E-state index in [-0.39, 0.29) is 16.4 Å². The smallest absolute Gasteiger partial charge is 0.246 e. The summed E-state index contributed by atoms with van der Waals surface area (Å²) >= 11 is 0. The van der Waals surface area contributed by atoms with E-state index in [1.807, 2.05) is 0 Å². The normalized spacial score (nSPS) is 22.0. The van der Waals surface area contributed by atoms with E-state index < -0.39 is 25.9 Å². The predicted molar refractivity (Wildman–Crippen MR) is 78.2 cm³/mol. The summed E-state index contributed by atoms with van der Waals surface area (Å²) < 4.78 is 50.6. The van der Waals surface area contributed by atoms with Crippen LogP contribution in [0.15, 0.2) is 17.3 Å². The van der Waals surface area contributed by atoms with Crippen LogP contribution < -0.4 is 5.32 Å². The van der Waals surface area contributed by atoms with E-state index in [0.717, 1.165) is 4.31 Å². The van der Waals surface area contributed by atoms with E-state index in [2.05, 4.69) is 10.4 Å². The Balaban J connectivity index is 2.15. The first kappa shape index (κ1) is 16.4. The number of likely N-dealkylation sites (N-methyl/N-ethyl adjacent to an activating group) is 1. The molecule has 0 bridgehead atoms. The second-order valence-electron chi connectivity index (χ2n) is 5.12. The summed E-state index contributed by atoms with van der Waals surface area (Å²) in [6, 6.07) is -0.499. The van der Waals surface area contributed by atoms with Crippen molar-refractivity contribution in [1.82, 2.24) is 19.4 Å². The average molecular weight is 336 g/mol.